The van der Waals surface area contributed by atoms with Crippen LogP contribution in [0.25, 0.3) is 17.0 Å². The first kappa shape index (κ1) is 33.1. The van der Waals surface area contributed by atoms with Crippen LogP contribution in [-0.4, -0.2) is 71.2 Å². The lowest BCUT2D eigenvalue weighted by atomic mass is 9.73. The standard InChI is InChI=1S/C34H44N6O6/c1-20(2)29-31(42)36-22(4)32(43)40-18-6-7-27(38-40)30(41)35-21(3)26-11-10-24-9-8-23(19-28(24)37-26)12-15-34(33(44)46-29)16-13-25(14-17-34)39-45-5/h8-12,15,19-22,27,29,38H,6-7,13-14,16-18H2,1-5H3,(H,35,41)(H,36,42)/b15-12-,39-25?/t21-,22+,27+,29+,34?/m1/s1. The molecule has 12 heteroatoms. The molecule has 2 aromatic rings. The predicted molar refractivity (Wildman–Crippen MR) is 173 cm³/mol. The Morgan fingerprint density at radius 2 is 1.74 bits per heavy atom. The minimum absolute atomic E-state index is 0.241. The maximum absolute atomic E-state index is 14.0. The van der Waals surface area contributed by atoms with Crippen molar-refractivity contribution in [3.63, 3.8) is 0 Å². The monoisotopic (exact) mass is 632 g/mol. The Balaban J connectivity index is 1.53. The lowest BCUT2D eigenvalue weighted by molar-refractivity contribution is -0.167. The van der Waals surface area contributed by atoms with E-state index in [-0.39, 0.29) is 23.8 Å². The van der Waals surface area contributed by atoms with Crippen LogP contribution < -0.4 is 16.1 Å². The van der Waals surface area contributed by atoms with Gasteiger partial charge in [-0.1, -0.05) is 49.4 Å². The average molecular weight is 633 g/mol. The topological polar surface area (TPSA) is 151 Å². The molecular formula is C34H44N6O6. The van der Waals surface area contributed by atoms with Crippen molar-refractivity contribution >= 4 is 46.4 Å². The van der Waals surface area contributed by atoms with E-state index in [1.165, 1.54) is 12.1 Å². The zero-order valence-electron chi connectivity index (χ0n) is 27.2. The number of ether oxygens (including phenoxy) is 1. The van der Waals surface area contributed by atoms with Crippen molar-refractivity contribution in [3.05, 3.63) is 47.7 Å². The van der Waals surface area contributed by atoms with Gasteiger partial charge in [-0.05, 0) is 76.0 Å². The number of nitrogens with zero attached hydrogens (tertiary/aromatic N) is 3. The van der Waals surface area contributed by atoms with E-state index in [0.29, 0.717) is 50.8 Å². The van der Waals surface area contributed by atoms with Gasteiger partial charge in [0.1, 0.15) is 19.2 Å². The molecule has 1 spiro atoms. The van der Waals surface area contributed by atoms with Crippen LogP contribution in [0.15, 0.2) is 41.6 Å². The van der Waals surface area contributed by atoms with Crippen LogP contribution in [0.1, 0.15) is 83.5 Å². The van der Waals surface area contributed by atoms with Gasteiger partial charge in [0, 0.05) is 11.9 Å². The van der Waals surface area contributed by atoms with E-state index in [2.05, 4.69) is 21.2 Å². The molecular weight excluding hydrogens is 588 g/mol. The maximum atomic E-state index is 14.0. The van der Waals surface area contributed by atoms with E-state index in [1.807, 2.05) is 49.4 Å². The van der Waals surface area contributed by atoms with Gasteiger partial charge in [0.25, 0.3) is 11.8 Å². The maximum Gasteiger partial charge on any atom is 0.316 e. The van der Waals surface area contributed by atoms with Gasteiger partial charge in [0.15, 0.2) is 6.10 Å². The van der Waals surface area contributed by atoms with Crippen LogP contribution >= 0.6 is 0 Å². The van der Waals surface area contributed by atoms with Gasteiger partial charge in [-0.25, -0.2) is 5.43 Å². The van der Waals surface area contributed by atoms with E-state index in [4.69, 9.17) is 14.6 Å². The average Bonchev–Trinajstić information content (AvgIpc) is 3.05. The van der Waals surface area contributed by atoms with Crippen molar-refractivity contribution in [1.82, 2.24) is 26.1 Å². The fraction of sp³-hybridized carbons (Fsp3) is 0.529. The second kappa shape index (κ2) is 14.0. The molecule has 1 aromatic heterocycles. The second-order valence-electron chi connectivity index (χ2n) is 12.9. The number of rotatable bonds is 2. The number of pyridine rings is 1. The van der Waals surface area contributed by atoms with Crippen molar-refractivity contribution < 1.29 is 28.8 Å². The summed E-state index contributed by atoms with van der Waals surface area (Å²) in [7, 11) is 1.50. The lowest BCUT2D eigenvalue weighted by Crippen LogP contribution is -2.61. The minimum atomic E-state index is -1.12. The summed E-state index contributed by atoms with van der Waals surface area (Å²) in [6.07, 6.45) is 5.75. The molecule has 3 amide bonds. The number of carbonyl (C=O) groups excluding carboxylic acids is 4. The largest absolute Gasteiger partial charge is 0.451 e. The fourth-order valence-corrected chi connectivity index (χ4v) is 6.23. The molecule has 5 rings (SSSR count). The molecule has 246 valence electrons. The Kier molecular flexibility index (Phi) is 10.0. The third kappa shape index (κ3) is 7.22. The number of carbonyl (C=O) groups is 4. The fourth-order valence-electron chi connectivity index (χ4n) is 6.23. The first-order valence-corrected chi connectivity index (χ1v) is 16.1. The number of benzene rings is 1. The van der Waals surface area contributed by atoms with E-state index < -0.39 is 35.5 Å². The lowest BCUT2D eigenvalue weighted by Gasteiger charge is -2.36. The molecule has 3 N–H and O–H groups in total. The van der Waals surface area contributed by atoms with Gasteiger partial charge in [-0.3, -0.25) is 29.2 Å². The van der Waals surface area contributed by atoms with Crippen molar-refractivity contribution in [1.29, 1.82) is 0 Å². The van der Waals surface area contributed by atoms with Crippen molar-refractivity contribution in [2.24, 2.45) is 16.5 Å². The SMILES string of the molecule is CON=C1CCC2(/C=C\c3ccc4ccc(nc4c3)[C@@H](C)NC(=O)[C@@H]3CCCN(N3)C(=O)[C@H](C)NC(=O)[C@H](C(C)C)OC2=O)CC1. The van der Waals surface area contributed by atoms with Crippen LogP contribution in [0.4, 0.5) is 0 Å². The third-order valence-corrected chi connectivity index (χ3v) is 9.08. The zero-order chi connectivity index (χ0) is 33.0. The number of hydrazine groups is 1. The molecule has 3 heterocycles. The van der Waals surface area contributed by atoms with Gasteiger partial charge in [-0.15, -0.1) is 0 Å². The summed E-state index contributed by atoms with van der Waals surface area (Å²) in [5.74, 6) is -2.04. The normalized spacial score (nSPS) is 28.9. The predicted octanol–water partition coefficient (Wildman–Crippen LogP) is 3.57. The molecule has 1 aromatic carbocycles. The highest BCUT2D eigenvalue weighted by Crippen LogP contribution is 2.39. The van der Waals surface area contributed by atoms with E-state index >= 15 is 0 Å². The molecule has 0 radical (unpaired) electrons. The Morgan fingerprint density at radius 3 is 2.46 bits per heavy atom. The van der Waals surface area contributed by atoms with E-state index in [0.717, 1.165) is 22.2 Å². The smallest absolute Gasteiger partial charge is 0.316 e. The van der Waals surface area contributed by atoms with Crippen LogP contribution in [0, 0.1) is 11.3 Å². The molecule has 3 aliphatic rings. The minimum Gasteiger partial charge on any atom is -0.451 e. The number of hydrogen-bond donors (Lipinski definition) is 3. The first-order valence-electron chi connectivity index (χ1n) is 16.1. The molecule has 2 aliphatic heterocycles. The molecule has 2 fully saturated rings. The summed E-state index contributed by atoms with van der Waals surface area (Å²) in [4.78, 5) is 64.1. The van der Waals surface area contributed by atoms with Gasteiger partial charge < -0.3 is 20.2 Å². The Morgan fingerprint density at radius 1 is 1.02 bits per heavy atom. The number of amides is 3. The van der Waals surface area contributed by atoms with Crippen LogP contribution in [-0.2, 0) is 28.8 Å². The van der Waals surface area contributed by atoms with Gasteiger partial charge >= 0.3 is 5.97 Å². The van der Waals surface area contributed by atoms with Crippen LogP contribution in [0.2, 0.25) is 0 Å². The number of fused-ring (bicyclic) bond motifs is 4. The number of hydrogen-bond acceptors (Lipinski definition) is 9. The number of aromatic nitrogens is 1. The van der Waals surface area contributed by atoms with E-state index in [1.54, 1.807) is 20.8 Å². The van der Waals surface area contributed by atoms with Crippen molar-refractivity contribution in [2.75, 3.05) is 13.7 Å². The first-order chi connectivity index (χ1) is 22.0. The molecule has 12 nitrogen and oxygen atoms in total. The Hall–Kier alpha value is -4.32. The summed E-state index contributed by atoms with van der Waals surface area (Å²) in [6, 6.07) is 7.81. The van der Waals surface area contributed by atoms with Crippen LogP contribution in [0.5, 0.6) is 0 Å². The quantitative estimate of drug-likeness (QED) is 0.336. The molecule has 4 atom stereocenters. The number of esters is 1. The summed E-state index contributed by atoms with van der Waals surface area (Å²) in [6.45, 7) is 7.44. The third-order valence-electron chi connectivity index (χ3n) is 9.08. The number of oxime groups is 1. The summed E-state index contributed by atoms with van der Waals surface area (Å²) in [5, 5.41) is 12.2. The summed E-state index contributed by atoms with van der Waals surface area (Å²) in [5.41, 5.74) is 5.19. The molecule has 1 saturated carbocycles. The second-order valence-corrected chi connectivity index (χ2v) is 12.9. The van der Waals surface area contributed by atoms with Crippen molar-refractivity contribution in [2.45, 2.75) is 90.4 Å². The molecule has 5 bridgehead atoms. The van der Waals surface area contributed by atoms with Gasteiger partial charge in [0.05, 0.1) is 28.4 Å². The highest BCUT2D eigenvalue weighted by molar-refractivity contribution is 5.93. The van der Waals surface area contributed by atoms with Crippen molar-refractivity contribution in [3.8, 4) is 0 Å². The summed E-state index contributed by atoms with van der Waals surface area (Å²) >= 11 is 0. The molecule has 1 saturated heterocycles. The number of nitrogens with one attached hydrogen (secondary N) is 3. The van der Waals surface area contributed by atoms with Gasteiger partial charge in [0.2, 0.25) is 5.91 Å². The highest BCUT2D eigenvalue weighted by atomic mass is 16.6. The molecule has 1 aliphatic carbocycles. The van der Waals surface area contributed by atoms with E-state index in [9.17, 15) is 19.2 Å². The molecule has 46 heavy (non-hydrogen) atoms. The van der Waals surface area contributed by atoms with Crippen LogP contribution in [0.3, 0.4) is 0 Å². The Labute approximate surface area is 269 Å². The van der Waals surface area contributed by atoms with Gasteiger partial charge in [-0.2, -0.15) is 0 Å². The summed E-state index contributed by atoms with van der Waals surface area (Å²) < 4.78 is 6.00. The molecule has 0 unspecified atom stereocenters. The Bertz CT molecular complexity index is 1540. The zero-order valence-corrected chi connectivity index (χ0v) is 27.2. The number of cyclic esters (lactones) is 1. The highest BCUT2D eigenvalue weighted by Gasteiger charge is 2.43.